The third kappa shape index (κ3) is 3.51. The lowest BCUT2D eigenvalue weighted by molar-refractivity contribution is -0.121. The monoisotopic (exact) mass is 310 g/mol. The zero-order valence-corrected chi connectivity index (χ0v) is 12.9. The lowest BCUT2D eigenvalue weighted by Crippen LogP contribution is -2.25. The third-order valence-electron chi connectivity index (χ3n) is 3.71. The summed E-state index contributed by atoms with van der Waals surface area (Å²) in [6, 6.07) is 15.2. The molecule has 0 saturated heterocycles. The smallest absolute Gasteiger partial charge is 0.408 e. The van der Waals surface area contributed by atoms with Crippen molar-refractivity contribution in [3.63, 3.8) is 0 Å². The molecule has 3 aromatic rings. The first kappa shape index (κ1) is 15.1. The zero-order chi connectivity index (χ0) is 16.2. The maximum Gasteiger partial charge on any atom is 0.419 e. The second-order valence-electron chi connectivity index (χ2n) is 5.50. The van der Waals surface area contributed by atoms with Crippen LogP contribution in [0, 0.1) is 6.92 Å². The molecule has 0 spiro atoms. The van der Waals surface area contributed by atoms with Gasteiger partial charge in [-0.25, -0.2) is 4.79 Å². The van der Waals surface area contributed by atoms with E-state index in [-0.39, 0.29) is 12.3 Å². The number of amides is 1. The van der Waals surface area contributed by atoms with E-state index in [1.165, 1.54) is 4.57 Å². The number of para-hydroxylation sites is 2. The molecule has 1 aromatic heterocycles. The van der Waals surface area contributed by atoms with Gasteiger partial charge in [-0.1, -0.05) is 42.0 Å². The van der Waals surface area contributed by atoms with Gasteiger partial charge in [-0.2, -0.15) is 0 Å². The van der Waals surface area contributed by atoms with Crippen molar-refractivity contribution in [1.82, 2.24) is 9.88 Å². The maximum absolute atomic E-state index is 12.0. The van der Waals surface area contributed by atoms with E-state index in [0.29, 0.717) is 24.2 Å². The van der Waals surface area contributed by atoms with Gasteiger partial charge in [0.25, 0.3) is 0 Å². The average molecular weight is 310 g/mol. The van der Waals surface area contributed by atoms with Gasteiger partial charge < -0.3 is 9.73 Å². The summed E-state index contributed by atoms with van der Waals surface area (Å²) >= 11 is 0. The number of hydrogen-bond acceptors (Lipinski definition) is 3. The minimum Gasteiger partial charge on any atom is -0.408 e. The molecule has 1 N–H and O–H groups in total. The number of fused-ring (bicyclic) bond motifs is 1. The minimum absolute atomic E-state index is 0.0938. The fraction of sp³-hybridized carbons (Fsp3) is 0.222. The van der Waals surface area contributed by atoms with Gasteiger partial charge >= 0.3 is 5.76 Å². The Hall–Kier alpha value is -2.82. The van der Waals surface area contributed by atoms with Crippen molar-refractivity contribution < 1.29 is 9.21 Å². The summed E-state index contributed by atoms with van der Waals surface area (Å²) in [5, 5.41) is 2.87. The summed E-state index contributed by atoms with van der Waals surface area (Å²) in [6.45, 7) is 2.80. The molecular weight excluding hydrogens is 292 g/mol. The maximum atomic E-state index is 12.0. The first-order chi connectivity index (χ1) is 11.1. The number of carbonyl (C=O) groups excluding carboxylic acids is 1. The van der Waals surface area contributed by atoms with Gasteiger partial charge in [0.05, 0.1) is 5.52 Å². The quantitative estimate of drug-likeness (QED) is 0.788. The van der Waals surface area contributed by atoms with Gasteiger partial charge in [-0.15, -0.1) is 0 Å². The number of rotatable bonds is 5. The number of oxazole rings is 1. The van der Waals surface area contributed by atoms with Crippen LogP contribution >= 0.6 is 0 Å². The molecule has 5 heteroatoms. The molecule has 2 aromatic carbocycles. The third-order valence-corrected chi connectivity index (χ3v) is 3.71. The molecule has 3 rings (SSSR count). The SMILES string of the molecule is Cc1cccc(CNC(=O)CCn2c(=O)oc3ccccc32)c1. The molecule has 23 heavy (non-hydrogen) atoms. The first-order valence-corrected chi connectivity index (χ1v) is 7.54. The minimum atomic E-state index is -0.433. The number of aromatic nitrogens is 1. The van der Waals surface area contributed by atoms with Crippen molar-refractivity contribution in [3.05, 3.63) is 70.2 Å². The molecule has 5 nitrogen and oxygen atoms in total. The number of nitrogens with one attached hydrogen (secondary N) is 1. The van der Waals surface area contributed by atoms with Crippen LogP contribution in [0.2, 0.25) is 0 Å². The largest absolute Gasteiger partial charge is 0.419 e. The Morgan fingerprint density at radius 3 is 2.83 bits per heavy atom. The van der Waals surface area contributed by atoms with E-state index in [0.717, 1.165) is 11.1 Å². The molecule has 1 amide bonds. The summed E-state index contributed by atoms with van der Waals surface area (Å²) < 4.78 is 6.64. The van der Waals surface area contributed by atoms with Crippen LogP contribution in [0.5, 0.6) is 0 Å². The van der Waals surface area contributed by atoms with E-state index in [9.17, 15) is 9.59 Å². The molecule has 118 valence electrons. The fourth-order valence-corrected chi connectivity index (χ4v) is 2.55. The van der Waals surface area contributed by atoms with Gasteiger partial charge in [-0.3, -0.25) is 9.36 Å². The van der Waals surface area contributed by atoms with E-state index < -0.39 is 5.76 Å². The number of nitrogens with zero attached hydrogens (tertiary/aromatic N) is 1. The summed E-state index contributed by atoms with van der Waals surface area (Å²) in [5.41, 5.74) is 3.47. The van der Waals surface area contributed by atoms with E-state index in [1.807, 2.05) is 49.4 Å². The Bertz CT molecular complexity index is 892. The van der Waals surface area contributed by atoms with Gasteiger partial charge in [0.15, 0.2) is 5.58 Å². The predicted octanol–water partition coefficient (Wildman–Crippen LogP) is 2.61. The highest BCUT2D eigenvalue weighted by atomic mass is 16.4. The van der Waals surface area contributed by atoms with Crippen LogP contribution in [0.4, 0.5) is 0 Å². The first-order valence-electron chi connectivity index (χ1n) is 7.54. The molecule has 0 fully saturated rings. The molecular formula is C18H18N2O3. The summed E-state index contributed by atoms with van der Waals surface area (Å²) in [6.07, 6.45) is 0.231. The standard InChI is InChI=1S/C18H18N2O3/c1-13-5-4-6-14(11-13)12-19-17(21)9-10-20-15-7-2-3-8-16(15)23-18(20)22/h2-8,11H,9-10,12H2,1H3,(H,19,21). The average Bonchev–Trinajstić information content (AvgIpc) is 2.86. The van der Waals surface area contributed by atoms with Gasteiger partial charge in [0, 0.05) is 19.5 Å². The zero-order valence-electron chi connectivity index (χ0n) is 12.9. The van der Waals surface area contributed by atoms with Gasteiger partial charge in [0.1, 0.15) is 0 Å². The van der Waals surface area contributed by atoms with E-state index >= 15 is 0 Å². The normalized spacial score (nSPS) is 10.8. The number of hydrogen-bond donors (Lipinski definition) is 1. The summed E-state index contributed by atoms with van der Waals surface area (Å²) in [4.78, 5) is 23.8. The molecule has 0 aliphatic carbocycles. The predicted molar refractivity (Wildman–Crippen MR) is 88.1 cm³/mol. The van der Waals surface area contributed by atoms with E-state index in [1.54, 1.807) is 6.07 Å². The molecule has 0 aliphatic heterocycles. The second kappa shape index (κ2) is 6.52. The molecule has 0 saturated carbocycles. The van der Waals surface area contributed by atoms with Crippen LogP contribution < -0.4 is 11.1 Å². The second-order valence-corrected chi connectivity index (χ2v) is 5.50. The Morgan fingerprint density at radius 1 is 1.17 bits per heavy atom. The van der Waals surface area contributed by atoms with Crippen LogP contribution in [0.3, 0.4) is 0 Å². The Labute approximate surface area is 133 Å². The van der Waals surface area contributed by atoms with Crippen LogP contribution in [0.1, 0.15) is 17.5 Å². The van der Waals surface area contributed by atoms with Crippen LogP contribution in [-0.2, 0) is 17.9 Å². The number of aryl methyl sites for hydroxylation is 2. The van der Waals surface area contributed by atoms with Crippen LogP contribution in [-0.4, -0.2) is 10.5 Å². The van der Waals surface area contributed by atoms with Crippen LogP contribution in [0.15, 0.2) is 57.7 Å². The molecule has 0 bridgehead atoms. The van der Waals surface area contributed by atoms with Gasteiger partial charge in [-0.05, 0) is 24.6 Å². The highest BCUT2D eigenvalue weighted by Gasteiger charge is 2.10. The molecule has 0 atom stereocenters. The van der Waals surface area contributed by atoms with Gasteiger partial charge in [0.2, 0.25) is 5.91 Å². The molecule has 0 aliphatic rings. The lowest BCUT2D eigenvalue weighted by atomic mass is 10.1. The van der Waals surface area contributed by atoms with Crippen molar-refractivity contribution in [3.8, 4) is 0 Å². The fourth-order valence-electron chi connectivity index (χ4n) is 2.55. The van der Waals surface area contributed by atoms with E-state index in [2.05, 4.69) is 5.32 Å². The Balaban J connectivity index is 1.60. The van der Waals surface area contributed by atoms with Crippen molar-refractivity contribution >= 4 is 17.0 Å². The van der Waals surface area contributed by atoms with E-state index in [4.69, 9.17) is 4.42 Å². The van der Waals surface area contributed by atoms with Crippen molar-refractivity contribution in [2.45, 2.75) is 26.4 Å². The Morgan fingerprint density at radius 2 is 2.00 bits per heavy atom. The van der Waals surface area contributed by atoms with Crippen molar-refractivity contribution in [1.29, 1.82) is 0 Å². The summed E-state index contributed by atoms with van der Waals surface area (Å²) in [5.74, 6) is -0.527. The number of carbonyl (C=O) groups is 1. The summed E-state index contributed by atoms with van der Waals surface area (Å²) in [7, 11) is 0. The van der Waals surface area contributed by atoms with Crippen LogP contribution in [0.25, 0.3) is 11.1 Å². The Kier molecular flexibility index (Phi) is 4.28. The van der Waals surface area contributed by atoms with Crippen molar-refractivity contribution in [2.75, 3.05) is 0 Å². The topological polar surface area (TPSA) is 64.2 Å². The highest BCUT2D eigenvalue weighted by Crippen LogP contribution is 2.12. The highest BCUT2D eigenvalue weighted by molar-refractivity contribution is 5.76. The molecule has 0 unspecified atom stereocenters. The number of benzene rings is 2. The van der Waals surface area contributed by atoms with Crippen molar-refractivity contribution in [2.24, 2.45) is 0 Å². The lowest BCUT2D eigenvalue weighted by Gasteiger charge is -2.06. The molecule has 0 radical (unpaired) electrons. The molecule has 1 heterocycles.